The summed E-state index contributed by atoms with van der Waals surface area (Å²) in [6, 6.07) is 2.71. The minimum absolute atomic E-state index is 0.0300. The van der Waals surface area contributed by atoms with Gasteiger partial charge in [-0.15, -0.1) is 46.4 Å². The van der Waals surface area contributed by atoms with E-state index in [9.17, 15) is 14.4 Å². The van der Waals surface area contributed by atoms with E-state index >= 15 is 0 Å². The third-order valence-corrected chi connectivity index (χ3v) is 5.30. The average molecular weight is 544 g/mol. The molecule has 0 aliphatic carbocycles. The fourth-order valence-corrected chi connectivity index (χ4v) is 4.01. The molecule has 1 heterocycles. The molecule has 12 heteroatoms. The highest BCUT2D eigenvalue weighted by atomic mass is 35.5. The highest BCUT2D eigenvalue weighted by molar-refractivity contribution is 6.19. The fourth-order valence-electron chi connectivity index (χ4n) is 3.19. The van der Waals surface area contributed by atoms with Gasteiger partial charge in [-0.3, -0.25) is 4.79 Å². The predicted octanol–water partition coefficient (Wildman–Crippen LogP) is 4.99. The maximum Gasteiger partial charge on any atom is 0.415 e. The Morgan fingerprint density at radius 2 is 1.39 bits per heavy atom. The highest BCUT2D eigenvalue weighted by Crippen LogP contribution is 2.42. The molecule has 0 atom stereocenters. The number of benzene rings is 1. The van der Waals surface area contributed by atoms with Crippen LogP contribution in [0.1, 0.15) is 30.6 Å². The normalized spacial score (nSPS) is 14.2. The van der Waals surface area contributed by atoms with Gasteiger partial charge in [-0.1, -0.05) is 0 Å². The zero-order valence-electron chi connectivity index (χ0n) is 18.4. The molecule has 0 saturated carbocycles. The van der Waals surface area contributed by atoms with Gasteiger partial charge in [-0.05, 0) is 13.8 Å². The summed E-state index contributed by atoms with van der Waals surface area (Å²) in [7, 11) is 0. The van der Waals surface area contributed by atoms with Gasteiger partial charge in [-0.2, -0.15) is 0 Å². The lowest BCUT2D eigenvalue weighted by molar-refractivity contribution is 0.0612. The van der Waals surface area contributed by atoms with Crippen LogP contribution < -0.4 is 14.2 Å². The molecule has 0 radical (unpaired) electrons. The molecule has 0 aromatic heterocycles. The first-order valence-corrected chi connectivity index (χ1v) is 12.4. The number of hydrogen-bond donors (Lipinski definition) is 0. The van der Waals surface area contributed by atoms with Crippen LogP contribution in [0.25, 0.3) is 0 Å². The number of fused-ring (bicyclic) bond motifs is 1. The zero-order valence-corrected chi connectivity index (χ0v) is 21.4. The van der Waals surface area contributed by atoms with Crippen LogP contribution in [0.4, 0.5) is 9.59 Å². The number of ether oxygens (including phenoxy) is 3. The third kappa shape index (κ3) is 7.70. The summed E-state index contributed by atoms with van der Waals surface area (Å²) < 4.78 is 16.9. The average Bonchev–Trinajstić information content (AvgIpc) is 2.71. The second kappa shape index (κ2) is 12.7. The Morgan fingerprint density at radius 1 is 0.909 bits per heavy atom. The number of hydrogen-bond acceptors (Lipinski definition) is 6. The molecule has 8 nitrogen and oxygen atoms in total. The Balaban J connectivity index is 2.42. The number of carbonyl (C=O) groups is 3. The fraction of sp³-hybridized carbons (Fsp3) is 0.571. The Bertz CT molecular complexity index is 855. The van der Waals surface area contributed by atoms with Crippen molar-refractivity contribution in [2.75, 3.05) is 49.7 Å². The van der Waals surface area contributed by atoms with Gasteiger partial charge in [0.05, 0.1) is 6.42 Å². The van der Waals surface area contributed by atoms with E-state index in [1.54, 1.807) is 13.8 Å². The number of alkyl halides is 4. The smallest absolute Gasteiger partial charge is 0.415 e. The van der Waals surface area contributed by atoms with Crippen LogP contribution in [-0.4, -0.2) is 83.1 Å². The van der Waals surface area contributed by atoms with Gasteiger partial charge in [0.2, 0.25) is 0 Å². The number of ketones is 1. The standard InChI is InChI=1S/C21H26Cl4N2O6/c1-21(2)13-15(28)18-16(32-20(30)27(9-5-24)10-6-25)11-14(12-17(18)33-21)31-19(29)26(7-3-22)8-4-23/h11-12H,3-10,13H2,1-2H3. The van der Waals surface area contributed by atoms with Crippen molar-refractivity contribution in [2.45, 2.75) is 25.9 Å². The van der Waals surface area contributed by atoms with Crippen LogP contribution in [0.15, 0.2) is 12.1 Å². The Labute approximate surface area is 212 Å². The van der Waals surface area contributed by atoms with Crippen LogP contribution in [0.5, 0.6) is 17.2 Å². The van der Waals surface area contributed by atoms with Crippen molar-refractivity contribution in [3.8, 4) is 17.2 Å². The van der Waals surface area contributed by atoms with Gasteiger partial charge in [-0.25, -0.2) is 9.59 Å². The first kappa shape index (κ1) is 27.6. The summed E-state index contributed by atoms with van der Waals surface area (Å²) in [5.74, 6) is 0.563. The molecule has 33 heavy (non-hydrogen) atoms. The molecule has 1 aromatic carbocycles. The molecule has 1 aromatic rings. The monoisotopic (exact) mass is 542 g/mol. The summed E-state index contributed by atoms with van der Waals surface area (Å²) in [6.07, 6.45) is -1.36. The summed E-state index contributed by atoms with van der Waals surface area (Å²) >= 11 is 23.0. The Morgan fingerprint density at radius 3 is 1.88 bits per heavy atom. The Hall–Kier alpha value is -1.61. The molecule has 0 spiro atoms. The van der Waals surface area contributed by atoms with Gasteiger partial charge >= 0.3 is 12.2 Å². The van der Waals surface area contributed by atoms with E-state index in [2.05, 4.69) is 0 Å². The lowest BCUT2D eigenvalue weighted by Gasteiger charge is -2.32. The number of Topliss-reactive ketones (excluding diaryl/α,β-unsaturated/α-hetero) is 1. The molecular formula is C21H26Cl4N2O6. The number of halogens is 4. The van der Waals surface area contributed by atoms with Crippen LogP contribution in [0.2, 0.25) is 0 Å². The number of amides is 2. The summed E-state index contributed by atoms with van der Waals surface area (Å²) in [5.41, 5.74) is -0.696. The van der Waals surface area contributed by atoms with Crippen LogP contribution in [0.3, 0.4) is 0 Å². The summed E-state index contributed by atoms with van der Waals surface area (Å²) in [5, 5.41) is 0. The van der Waals surface area contributed by atoms with E-state index < -0.39 is 17.8 Å². The van der Waals surface area contributed by atoms with Crippen molar-refractivity contribution in [2.24, 2.45) is 0 Å². The lowest BCUT2D eigenvalue weighted by Crippen LogP contribution is -2.39. The van der Waals surface area contributed by atoms with Gasteiger partial charge in [0.15, 0.2) is 11.5 Å². The van der Waals surface area contributed by atoms with Gasteiger partial charge < -0.3 is 24.0 Å². The van der Waals surface area contributed by atoms with E-state index in [1.165, 1.54) is 21.9 Å². The van der Waals surface area contributed by atoms with E-state index in [1.807, 2.05) is 0 Å². The van der Waals surface area contributed by atoms with E-state index in [4.69, 9.17) is 60.6 Å². The maximum atomic E-state index is 12.9. The van der Waals surface area contributed by atoms with Crippen molar-refractivity contribution < 1.29 is 28.6 Å². The molecule has 1 aliphatic heterocycles. The zero-order chi connectivity index (χ0) is 24.6. The second-order valence-corrected chi connectivity index (χ2v) is 9.23. The topological polar surface area (TPSA) is 85.4 Å². The molecule has 0 unspecified atom stereocenters. The molecule has 0 saturated heterocycles. The van der Waals surface area contributed by atoms with Gasteiger partial charge in [0.25, 0.3) is 0 Å². The predicted molar refractivity (Wildman–Crippen MR) is 128 cm³/mol. The minimum Gasteiger partial charge on any atom is -0.486 e. The molecule has 0 fully saturated rings. The molecule has 2 amide bonds. The van der Waals surface area contributed by atoms with Crippen molar-refractivity contribution in [3.63, 3.8) is 0 Å². The molecule has 0 N–H and O–H groups in total. The molecular weight excluding hydrogens is 518 g/mol. The highest BCUT2D eigenvalue weighted by Gasteiger charge is 2.36. The van der Waals surface area contributed by atoms with Crippen LogP contribution >= 0.6 is 46.4 Å². The second-order valence-electron chi connectivity index (χ2n) is 7.72. The minimum atomic E-state index is -0.791. The van der Waals surface area contributed by atoms with E-state index in [0.717, 1.165) is 0 Å². The third-order valence-electron chi connectivity index (χ3n) is 4.63. The molecule has 0 bridgehead atoms. The number of carbonyl (C=O) groups excluding carboxylic acids is 3. The summed E-state index contributed by atoms with van der Waals surface area (Å²) in [4.78, 5) is 40.8. The van der Waals surface area contributed by atoms with Gasteiger partial charge in [0.1, 0.15) is 22.7 Å². The SMILES string of the molecule is CC1(C)CC(=O)c2c(OC(=O)N(CCCl)CCCl)cc(OC(=O)N(CCCl)CCCl)cc2O1. The van der Waals surface area contributed by atoms with Crippen LogP contribution in [-0.2, 0) is 0 Å². The molecule has 2 rings (SSSR count). The van der Waals surface area contributed by atoms with Crippen molar-refractivity contribution >= 4 is 64.4 Å². The maximum absolute atomic E-state index is 12.9. The first-order chi connectivity index (χ1) is 15.6. The molecule has 1 aliphatic rings. The van der Waals surface area contributed by atoms with E-state index in [-0.39, 0.29) is 84.7 Å². The Kier molecular flexibility index (Phi) is 10.7. The number of nitrogens with zero attached hydrogens (tertiary/aromatic N) is 2. The van der Waals surface area contributed by atoms with Crippen molar-refractivity contribution in [1.82, 2.24) is 9.80 Å². The first-order valence-electron chi connectivity index (χ1n) is 10.2. The summed E-state index contributed by atoms with van der Waals surface area (Å²) in [6.45, 7) is 4.37. The van der Waals surface area contributed by atoms with Crippen molar-refractivity contribution in [3.05, 3.63) is 17.7 Å². The molecule has 184 valence electrons. The quantitative estimate of drug-likeness (QED) is 0.386. The number of rotatable bonds is 10. The van der Waals surface area contributed by atoms with Crippen molar-refractivity contribution in [1.29, 1.82) is 0 Å². The largest absolute Gasteiger partial charge is 0.486 e. The van der Waals surface area contributed by atoms with Crippen LogP contribution in [0, 0.1) is 0 Å². The lowest BCUT2D eigenvalue weighted by atomic mass is 9.92. The van der Waals surface area contributed by atoms with E-state index in [0.29, 0.717) is 0 Å². The van der Waals surface area contributed by atoms with Gasteiger partial charge in [0, 0.05) is 61.8 Å².